The number of carbonyl (C=O) groups is 2. The predicted octanol–water partition coefficient (Wildman–Crippen LogP) is 4.15. The quantitative estimate of drug-likeness (QED) is 0.436. The van der Waals surface area contributed by atoms with Crippen LogP contribution in [0, 0.1) is 17.8 Å². The summed E-state index contributed by atoms with van der Waals surface area (Å²) in [5, 5.41) is 0. The van der Waals surface area contributed by atoms with Crippen LogP contribution >= 0.6 is 0 Å². The van der Waals surface area contributed by atoms with Gasteiger partial charge in [-0.05, 0) is 42.7 Å². The Hall–Kier alpha value is -3.08. The van der Waals surface area contributed by atoms with E-state index in [0.717, 1.165) is 23.4 Å². The first-order chi connectivity index (χ1) is 14.2. The summed E-state index contributed by atoms with van der Waals surface area (Å²) in [6.07, 6.45) is 5.64. The van der Waals surface area contributed by atoms with E-state index in [0.29, 0.717) is 6.42 Å². The molecule has 1 aliphatic heterocycles. The van der Waals surface area contributed by atoms with E-state index in [1.54, 1.807) is 7.11 Å². The number of ether oxygens (including phenoxy) is 2. The largest absolute Gasteiger partial charge is 0.497 e. The molecule has 1 amide bonds. The van der Waals surface area contributed by atoms with Crippen LogP contribution in [0.4, 0.5) is 5.69 Å². The van der Waals surface area contributed by atoms with Gasteiger partial charge in [-0.3, -0.25) is 9.59 Å². The van der Waals surface area contributed by atoms with Gasteiger partial charge in [-0.1, -0.05) is 42.5 Å². The second kappa shape index (κ2) is 8.11. The van der Waals surface area contributed by atoms with E-state index in [1.165, 1.54) is 7.11 Å². The molecule has 0 spiro atoms. The zero-order valence-corrected chi connectivity index (χ0v) is 16.7. The van der Waals surface area contributed by atoms with Crippen molar-refractivity contribution < 1.29 is 19.1 Å². The minimum absolute atomic E-state index is 0.0440. The number of esters is 1. The molecule has 4 atom stereocenters. The Kier molecular flexibility index (Phi) is 5.38. The van der Waals surface area contributed by atoms with Crippen molar-refractivity contribution in [3.63, 3.8) is 0 Å². The maximum Gasteiger partial charge on any atom is 0.309 e. The highest BCUT2D eigenvalue weighted by molar-refractivity contribution is 6.04. The number of β-lactam (4-membered cyclic amide) rings is 1. The Morgan fingerprint density at radius 2 is 1.76 bits per heavy atom. The maximum absolute atomic E-state index is 13.3. The molecule has 0 radical (unpaired) electrons. The van der Waals surface area contributed by atoms with E-state index in [9.17, 15) is 9.59 Å². The molecule has 2 aliphatic rings. The molecule has 150 valence electrons. The van der Waals surface area contributed by atoms with Crippen LogP contribution in [-0.2, 0) is 14.3 Å². The highest BCUT2D eigenvalue weighted by Crippen LogP contribution is 2.50. The van der Waals surface area contributed by atoms with Crippen molar-refractivity contribution in [2.45, 2.75) is 18.9 Å². The van der Waals surface area contributed by atoms with Crippen molar-refractivity contribution in [2.24, 2.45) is 17.8 Å². The van der Waals surface area contributed by atoms with Crippen LogP contribution in [0.15, 0.2) is 66.7 Å². The highest BCUT2D eigenvalue weighted by atomic mass is 16.5. The average molecular weight is 391 g/mol. The van der Waals surface area contributed by atoms with Gasteiger partial charge in [0.05, 0.1) is 32.1 Å². The first-order valence-electron chi connectivity index (χ1n) is 9.92. The molecule has 0 aromatic heterocycles. The number of anilines is 1. The number of amides is 1. The van der Waals surface area contributed by atoms with Crippen LogP contribution in [0.25, 0.3) is 0 Å². The van der Waals surface area contributed by atoms with Gasteiger partial charge in [0, 0.05) is 11.6 Å². The zero-order valence-electron chi connectivity index (χ0n) is 16.7. The lowest BCUT2D eigenvalue weighted by molar-refractivity contribution is -0.149. The standard InChI is InChI=1S/C24H25NO4/c1-28-18-14-12-16(13-15-18)22-21(19-10-6-7-11-20(19)24(27)29-2)23(26)25(22)17-8-4-3-5-9-17/h3-6,8-10,12-15,19-22H,7,11H2,1-2H3/t19-,20-,21-,22-/m1/s1. The molecular weight excluding hydrogens is 366 g/mol. The van der Waals surface area contributed by atoms with E-state index in [2.05, 4.69) is 6.08 Å². The van der Waals surface area contributed by atoms with Gasteiger partial charge in [-0.25, -0.2) is 0 Å². The smallest absolute Gasteiger partial charge is 0.309 e. The molecular formula is C24H25NO4. The van der Waals surface area contributed by atoms with Crippen LogP contribution in [-0.4, -0.2) is 26.1 Å². The number of allylic oxidation sites excluding steroid dienone is 2. The molecule has 0 bridgehead atoms. The molecule has 0 N–H and O–H groups in total. The lowest BCUT2D eigenvalue weighted by Crippen LogP contribution is -2.59. The summed E-state index contributed by atoms with van der Waals surface area (Å²) in [6, 6.07) is 17.4. The minimum atomic E-state index is -0.302. The van der Waals surface area contributed by atoms with Crippen LogP contribution < -0.4 is 9.64 Å². The van der Waals surface area contributed by atoms with Crippen molar-refractivity contribution in [3.05, 3.63) is 72.3 Å². The average Bonchev–Trinajstić information content (AvgIpc) is 2.78. The van der Waals surface area contributed by atoms with E-state index < -0.39 is 0 Å². The van der Waals surface area contributed by atoms with Gasteiger partial charge in [0.2, 0.25) is 5.91 Å². The summed E-state index contributed by atoms with van der Waals surface area (Å²) in [5.74, 6) is -0.189. The van der Waals surface area contributed by atoms with Gasteiger partial charge in [0.1, 0.15) is 5.75 Å². The molecule has 1 saturated heterocycles. The predicted molar refractivity (Wildman–Crippen MR) is 111 cm³/mol. The number of nitrogens with zero attached hydrogens (tertiary/aromatic N) is 1. The number of rotatable bonds is 5. The highest BCUT2D eigenvalue weighted by Gasteiger charge is 2.54. The first kappa shape index (κ1) is 19.2. The van der Waals surface area contributed by atoms with E-state index in [1.807, 2.05) is 65.6 Å². The summed E-state index contributed by atoms with van der Waals surface area (Å²) >= 11 is 0. The molecule has 5 heteroatoms. The fraction of sp³-hybridized carbons (Fsp3) is 0.333. The first-order valence-corrected chi connectivity index (χ1v) is 9.92. The topological polar surface area (TPSA) is 55.8 Å². The van der Waals surface area contributed by atoms with Gasteiger partial charge in [0.15, 0.2) is 0 Å². The van der Waals surface area contributed by atoms with Crippen molar-refractivity contribution >= 4 is 17.6 Å². The molecule has 2 aromatic carbocycles. The molecule has 4 rings (SSSR count). The van der Waals surface area contributed by atoms with E-state index >= 15 is 0 Å². The van der Waals surface area contributed by atoms with Crippen molar-refractivity contribution in [2.75, 3.05) is 19.1 Å². The SMILES string of the molecule is COC(=O)[C@@H]1CCC=C[C@H]1[C@H]1C(=O)N(c2ccccc2)[C@@H]1c1ccc(OC)cc1. The lowest BCUT2D eigenvalue weighted by Gasteiger charge is -2.51. The Morgan fingerprint density at radius 1 is 1.03 bits per heavy atom. The molecule has 2 aromatic rings. The number of hydrogen-bond donors (Lipinski definition) is 0. The second-order valence-corrected chi connectivity index (χ2v) is 7.50. The van der Waals surface area contributed by atoms with E-state index in [-0.39, 0.29) is 35.7 Å². The zero-order chi connectivity index (χ0) is 20.4. The number of carbonyl (C=O) groups excluding carboxylic acids is 2. The van der Waals surface area contributed by atoms with Gasteiger partial charge in [-0.2, -0.15) is 0 Å². The third-order valence-electron chi connectivity index (χ3n) is 6.02. The summed E-state index contributed by atoms with van der Waals surface area (Å²) < 4.78 is 10.3. The Morgan fingerprint density at radius 3 is 2.41 bits per heavy atom. The molecule has 1 aliphatic carbocycles. The fourth-order valence-electron chi connectivity index (χ4n) is 4.57. The van der Waals surface area contributed by atoms with Gasteiger partial charge in [-0.15, -0.1) is 0 Å². The Bertz CT molecular complexity index is 906. The molecule has 0 unspecified atom stereocenters. The number of methoxy groups -OCH3 is 2. The third kappa shape index (κ3) is 3.41. The van der Waals surface area contributed by atoms with Crippen molar-refractivity contribution in [3.8, 4) is 5.75 Å². The fourth-order valence-corrected chi connectivity index (χ4v) is 4.57. The number of benzene rings is 2. The lowest BCUT2D eigenvalue weighted by atomic mass is 9.67. The normalized spacial score (nSPS) is 26.0. The summed E-state index contributed by atoms with van der Waals surface area (Å²) in [4.78, 5) is 27.6. The molecule has 29 heavy (non-hydrogen) atoms. The minimum Gasteiger partial charge on any atom is -0.497 e. The van der Waals surface area contributed by atoms with Crippen LogP contribution in [0.5, 0.6) is 5.75 Å². The maximum atomic E-state index is 13.3. The summed E-state index contributed by atoms with van der Waals surface area (Å²) in [6.45, 7) is 0. The molecule has 1 fully saturated rings. The van der Waals surface area contributed by atoms with Crippen molar-refractivity contribution in [1.29, 1.82) is 0 Å². The monoisotopic (exact) mass is 391 g/mol. The van der Waals surface area contributed by atoms with Gasteiger partial charge < -0.3 is 14.4 Å². The second-order valence-electron chi connectivity index (χ2n) is 7.50. The van der Waals surface area contributed by atoms with Crippen molar-refractivity contribution in [1.82, 2.24) is 0 Å². The van der Waals surface area contributed by atoms with Crippen LogP contribution in [0.1, 0.15) is 24.4 Å². The van der Waals surface area contributed by atoms with Gasteiger partial charge >= 0.3 is 5.97 Å². The number of hydrogen-bond acceptors (Lipinski definition) is 4. The van der Waals surface area contributed by atoms with Gasteiger partial charge in [0.25, 0.3) is 0 Å². The van der Waals surface area contributed by atoms with E-state index in [4.69, 9.17) is 9.47 Å². The van der Waals surface area contributed by atoms with Crippen LogP contribution in [0.3, 0.4) is 0 Å². The van der Waals surface area contributed by atoms with Crippen LogP contribution in [0.2, 0.25) is 0 Å². The summed E-state index contributed by atoms with van der Waals surface area (Å²) in [7, 11) is 3.05. The Labute approximate surface area is 170 Å². The third-order valence-corrected chi connectivity index (χ3v) is 6.02. The Balaban J connectivity index is 1.73. The summed E-state index contributed by atoms with van der Waals surface area (Å²) in [5.41, 5.74) is 1.89. The number of para-hydroxylation sites is 1. The molecule has 0 saturated carbocycles. The molecule has 1 heterocycles. The molecule has 5 nitrogen and oxygen atoms in total.